The molecule has 114 valence electrons. The Hall–Kier alpha value is -3.05. The lowest BCUT2D eigenvalue weighted by Crippen LogP contribution is -2.43. The van der Waals surface area contributed by atoms with Gasteiger partial charge < -0.3 is 0 Å². The van der Waals surface area contributed by atoms with E-state index in [4.69, 9.17) is 5.84 Å². The number of nitrogens with two attached hydrogens (primary N) is 1. The maximum atomic E-state index is 12.5. The second kappa shape index (κ2) is 6.37. The molecule has 23 heavy (non-hydrogen) atoms. The highest BCUT2D eigenvalue weighted by Gasteiger charge is 2.21. The molecular formula is C18H15N3O2. The summed E-state index contributed by atoms with van der Waals surface area (Å²) in [6.07, 6.45) is 1.61. The third kappa shape index (κ3) is 3.09. The van der Waals surface area contributed by atoms with Crippen LogP contribution < -0.4 is 5.84 Å². The van der Waals surface area contributed by atoms with Gasteiger partial charge in [0, 0.05) is 11.6 Å². The minimum atomic E-state index is -0.537. The fraction of sp³-hybridized carbons (Fsp3) is 0.0556. The average Bonchev–Trinajstić information content (AvgIpc) is 2.60. The Morgan fingerprint density at radius 1 is 0.957 bits per heavy atom. The second-order valence-electron chi connectivity index (χ2n) is 5.11. The number of hydrogen-bond acceptors (Lipinski definition) is 4. The lowest BCUT2D eigenvalue weighted by Gasteiger charge is -2.16. The molecule has 3 rings (SSSR count). The van der Waals surface area contributed by atoms with Crippen molar-refractivity contribution in [3.8, 4) is 0 Å². The predicted molar refractivity (Wildman–Crippen MR) is 87.3 cm³/mol. The number of hydrazine groups is 1. The van der Waals surface area contributed by atoms with E-state index in [1.807, 2.05) is 42.5 Å². The van der Waals surface area contributed by atoms with Crippen molar-refractivity contribution in [1.29, 1.82) is 0 Å². The van der Waals surface area contributed by atoms with Gasteiger partial charge in [0.1, 0.15) is 0 Å². The Labute approximate surface area is 133 Å². The normalized spacial score (nSPS) is 10.5. The van der Waals surface area contributed by atoms with E-state index in [0.717, 1.165) is 5.56 Å². The number of para-hydroxylation sites is 1. The lowest BCUT2D eigenvalue weighted by atomic mass is 10.1. The molecule has 2 aromatic carbocycles. The van der Waals surface area contributed by atoms with Crippen LogP contribution in [0.4, 0.5) is 0 Å². The topological polar surface area (TPSA) is 76.3 Å². The number of imide groups is 1. The number of nitrogens with zero attached hydrogens (tertiary/aromatic N) is 2. The molecule has 0 atom stereocenters. The van der Waals surface area contributed by atoms with Gasteiger partial charge >= 0.3 is 0 Å². The molecule has 0 fully saturated rings. The van der Waals surface area contributed by atoms with E-state index in [-0.39, 0.29) is 6.42 Å². The zero-order valence-corrected chi connectivity index (χ0v) is 12.3. The van der Waals surface area contributed by atoms with Crippen molar-refractivity contribution in [3.05, 3.63) is 78.0 Å². The van der Waals surface area contributed by atoms with Gasteiger partial charge in [0.05, 0.1) is 17.5 Å². The van der Waals surface area contributed by atoms with Crippen molar-refractivity contribution in [2.24, 2.45) is 5.84 Å². The van der Waals surface area contributed by atoms with Crippen LogP contribution in [0.25, 0.3) is 10.9 Å². The number of hydrogen-bond donors (Lipinski definition) is 1. The number of aromatic nitrogens is 1. The maximum Gasteiger partial charge on any atom is 0.275 e. The summed E-state index contributed by atoms with van der Waals surface area (Å²) in [5, 5.41) is 1.34. The van der Waals surface area contributed by atoms with E-state index in [2.05, 4.69) is 4.98 Å². The van der Waals surface area contributed by atoms with Gasteiger partial charge in [-0.3, -0.25) is 14.6 Å². The Morgan fingerprint density at radius 2 is 1.65 bits per heavy atom. The molecule has 1 heterocycles. The number of rotatable bonds is 3. The van der Waals surface area contributed by atoms with Crippen LogP contribution in [0.3, 0.4) is 0 Å². The van der Waals surface area contributed by atoms with Gasteiger partial charge in [-0.2, -0.15) is 0 Å². The van der Waals surface area contributed by atoms with Gasteiger partial charge in [0.25, 0.3) is 5.91 Å². The third-order valence-corrected chi connectivity index (χ3v) is 3.57. The van der Waals surface area contributed by atoms with Crippen LogP contribution in [0.1, 0.15) is 15.9 Å². The van der Waals surface area contributed by atoms with Crippen LogP contribution in [0, 0.1) is 0 Å². The third-order valence-electron chi connectivity index (χ3n) is 3.57. The number of carbonyl (C=O) groups excluding carboxylic acids is 2. The van der Waals surface area contributed by atoms with Gasteiger partial charge in [-0.1, -0.05) is 48.5 Å². The second-order valence-corrected chi connectivity index (χ2v) is 5.11. The molecule has 0 aliphatic carbocycles. The molecule has 5 nitrogen and oxygen atoms in total. The zero-order chi connectivity index (χ0) is 16.2. The zero-order valence-electron chi connectivity index (χ0n) is 12.3. The van der Waals surface area contributed by atoms with E-state index < -0.39 is 11.8 Å². The summed E-state index contributed by atoms with van der Waals surface area (Å²) >= 11 is 0. The van der Waals surface area contributed by atoms with Gasteiger partial charge in [0.2, 0.25) is 5.91 Å². The van der Waals surface area contributed by atoms with E-state index >= 15 is 0 Å². The highest BCUT2D eigenvalue weighted by molar-refractivity contribution is 6.11. The number of pyridine rings is 1. The Bertz CT molecular complexity index is 857. The molecule has 0 saturated heterocycles. The average molecular weight is 305 g/mol. The summed E-state index contributed by atoms with van der Waals surface area (Å²) in [5.41, 5.74) is 1.85. The Kier molecular flexibility index (Phi) is 4.12. The molecule has 2 N–H and O–H groups in total. The maximum absolute atomic E-state index is 12.5. The first-order valence-corrected chi connectivity index (χ1v) is 7.16. The van der Waals surface area contributed by atoms with Gasteiger partial charge in [-0.25, -0.2) is 10.9 Å². The fourth-order valence-electron chi connectivity index (χ4n) is 2.38. The van der Waals surface area contributed by atoms with E-state index in [1.54, 1.807) is 18.2 Å². The van der Waals surface area contributed by atoms with Crippen LogP contribution in [-0.2, 0) is 11.2 Å². The first-order valence-electron chi connectivity index (χ1n) is 7.16. The van der Waals surface area contributed by atoms with Crippen LogP contribution in [0.15, 0.2) is 66.9 Å². The molecule has 5 heteroatoms. The largest absolute Gasteiger partial charge is 0.275 e. The summed E-state index contributed by atoms with van der Waals surface area (Å²) in [7, 11) is 0. The SMILES string of the molecule is NN(C(=O)Cc1ccccc1)C(=O)c1ccnc2ccccc12. The summed E-state index contributed by atoms with van der Waals surface area (Å²) < 4.78 is 0. The van der Waals surface area contributed by atoms with Crippen molar-refractivity contribution in [1.82, 2.24) is 9.99 Å². The van der Waals surface area contributed by atoms with Gasteiger partial charge in [-0.05, 0) is 17.7 Å². The van der Waals surface area contributed by atoms with E-state index in [0.29, 0.717) is 21.5 Å². The van der Waals surface area contributed by atoms with Gasteiger partial charge in [0.15, 0.2) is 0 Å². The molecule has 0 spiro atoms. The smallest absolute Gasteiger partial charge is 0.273 e. The lowest BCUT2D eigenvalue weighted by molar-refractivity contribution is -0.128. The molecule has 0 aliphatic rings. The standard InChI is InChI=1S/C18H15N3O2/c19-21(17(22)12-13-6-2-1-3-7-13)18(23)15-10-11-20-16-9-5-4-8-14(15)16/h1-11H,12,19H2. The summed E-state index contributed by atoms with van der Waals surface area (Å²) in [6, 6.07) is 18.0. The number of amides is 2. The minimum Gasteiger partial charge on any atom is -0.273 e. The van der Waals surface area contributed by atoms with Crippen molar-refractivity contribution in [2.75, 3.05) is 0 Å². The summed E-state index contributed by atoms with van der Waals surface area (Å²) in [5.74, 6) is 4.75. The van der Waals surface area contributed by atoms with Crippen LogP contribution in [0.2, 0.25) is 0 Å². The molecule has 3 aromatic rings. The highest BCUT2D eigenvalue weighted by atomic mass is 16.2. The molecule has 0 unspecified atom stereocenters. The molecule has 1 aromatic heterocycles. The minimum absolute atomic E-state index is 0.0755. The van der Waals surface area contributed by atoms with Crippen LogP contribution in [-0.4, -0.2) is 21.8 Å². The fourth-order valence-corrected chi connectivity index (χ4v) is 2.38. The molecule has 0 aliphatic heterocycles. The first kappa shape index (κ1) is 14.9. The number of fused-ring (bicyclic) bond motifs is 1. The molecular weight excluding hydrogens is 290 g/mol. The summed E-state index contributed by atoms with van der Waals surface area (Å²) in [4.78, 5) is 29.0. The van der Waals surface area contributed by atoms with Crippen molar-refractivity contribution in [3.63, 3.8) is 0 Å². The molecule has 2 amide bonds. The highest BCUT2D eigenvalue weighted by Crippen LogP contribution is 2.17. The Morgan fingerprint density at radius 3 is 2.43 bits per heavy atom. The van der Waals surface area contributed by atoms with E-state index in [9.17, 15) is 9.59 Å². The van der Waals surface area contributed by atoms with Crippen molar-refractivity contribution < 1.29 is 9.59 Å². The Balaban J connectivity index is 1.85. The number of carbonyl (C=O) groups is 2. The monoisotopic (exact) mass is 305 g/mol. The van der Waals surface area contributed by atoms with Gasteiger partial charge in [-0.15, -0.1) is 0 Å². The van der Waals surface area contributed by atoms with Crippen molar-refractivity contribution >= 4 is 22.7 Å². The molecule has 0 radical (unpaired) electrons. The van der Waals surface area contributed by atoms with Crippen LogP contribution >= 0.6 is 0 Å². The summed E-state index contributed by atoms with van der Waals surface area (Å²) in [6.45, 7) is 0. The van der Waals surface area contributed by atoms with Crippen LogP contribution in [0.5, 0.6) is 0 Å². The quantitative estimate of drug-likeness (QED) is 0.458. The molecule has 0 bridgehead atoms. The first-order chi connectivity index (χ1) is 11.2. The predicted octanol–water partition coefficient (Wildman–Crippen LogP) is 2.32. The van der Waals surface area contributed by atoms with Crippen molar-refractivity contribution in [2.45, 2.75) is 6.42 Å². The molecule has 0 saturated carbocycles. The number of benzene rings is 2. The van der Waals surface area contributed by atoms with E-state index in [1.165, 1.54) is 6.20 Å².